The summed E-state index contributed by atoms with van der Waals surface area (Å²) in [6, 6.07) is 9.20. The fourth-order valence-electron chi connectivity index (χ4n) is 1.50. The van der Waals surface area contributed by atoms with Gasteiger partial charge in [-0.2, -0.15) is 0 Å². The Morgan fingerprint density at radius 2 is 2.05 bits per heavy atom. The second-order valence-electron chi connectivity index (χ2n) is 3.68. The average Bonchev–Trinajstić information content (AvgIpc) is 2.68. The van der Waals surface area contributed by atoms with Crippen LogP contribution in [0.4, 0.5) is 0 Å². The van der Waals surface area contributed by atoms with Crippen LogP contribution in [0.3, 0.4) is 0 Å². The molecular weight excluding hydrogens is 307 g/mol. The van der Waals surface area contributed by atoms with E-state index in [1.165, 1.54) is 6.08 Å². The number of halogens is 2. The van der Waals surface area contributed by atoms with E-state index in [4.69, 9.17) is 23.2 Å². The topological polar surface area (TPSA) is 56.0 Å². The van der Waals surface area contributed by atoms with Crippen LogP contribution in [0.15, 0.2) is 36.0 Å². The number of hydrogen-bond donors (Lipinski definition) is 0. The van der Waals surface area contributed by atoms with Crippen LogP contribution in [-0.2, 0) is 6.42 Å². The van der Waals surface area contributed by atoms with E-state index in [9.17, 15) is 10.1 Å². The lowest BCUT2D eigenvalue weighted by molar-refractivity contribution is -0.425. The van der Waals surface area contributed by atoms with Gasteiger partial charge >= 0.3 is 0 Å². The quantitative estimate of drug-likeness (QED) is 0.624. The Balaban J connectivity index is 2.31. The predicted octanol–water partition coefficient (Wildman–Crippen LogP) is 4.31. The van der Waals surface area contributed by atoms with Crippen molar-refractivity contribution in [2.75, 3.05) is 0 Å². The summed E-state index contributed by atoms with van der Waals surface area (Å²) < 4.78 is 0.263. The Labute approximate surface area is 123 Å². The summed E-state index contributed by atoms with van der Waals surface area (Å²) in [7, 11) is 0. The summed E-state index contributed by atoms with van der Waals surface area (Å²) in [5.41, 5.74) is 0.908. The van der Waals surface area contributed by atoms with Crippen LogP contribution < -0.4 is 0 Å². The van der Waals surface area contributed by atoms with Crippen molar-refractivity contribution in [3.05, 3.63) is 66.2 Å². The molecule has 0 spiro atoms. The summed E-state index contributed by atoms with van der Waals surface area (Å²) in [6.45, 7) is 0. The monoisotopic (exact) mass is 314 g/mol. The molecule has 98 valence electrons. The summed E-state index contributed by atoms with van der Waals surface area (Å²) in [6.07, 6.45) is 1.64. The lowest BCUT2D eigenvalue weighted by Gasteiger charge is -1.99. The Hall–Kier alpha value is -1.43. The third-order valence-corrected chi connectivity index (χ3v) is 3.85. The van der Waals surface area contributed by atoms with Gasteiger partial charge < -0.3 is 0 Å². The second kappa shape index (κ2) is 6.14. The number of nitrogens with zero attached hydrogens (tertiary/aromatic N) is 2. The van der Waals surface area contributed by atoms with Gasteiger partial charge in [-0.15, -0.1) is 11.3 Å². The van der Waals surface area contributed by atoms with E-state index in [2.05, 4.69) is 4.98 Å². The molecule has 0 fully saturated rings. The number of aromatic nitrogens is 1. The lowest BCUT2D eigenvalue weighted by Crippen LogP contribution is -2.02. The maximum atomic E-state index is 11.1. The van der Waals surface area contributed by atoms with Crippen molar-refractivity contribution in [1.82, 2.24) is 4.98 Å². The fraction of sp³-hybridized carbons (Fsp3) is 0.0833. The standard InChI is InChI=1S/C12H8Cl2N2O2S/c13-11-10(19-12(14)15-11)7-9(16(17)18)6-8-4-2-1-3-5-8/h1-5,7H,6H2. The first kappa shape index (κ1) is 14.0. The number of rotatable bonds is 4. The number of thiazole rings is 1. The zero-order valence-electron chi connectivity index (χ0n) is 9.55. The van der Waals surface area contributed by atoms with Crippen LogP contribution in [0.25, 0.3) is 6.08 Å². The highest BCUT2D eigenvalue weighted by Crippen LogP contribution is 2.29. The summed E-state index contributed by atoms with van der Waals surface area (Å²) in [4.78, 5) is 15.0. The van der Waals surface area contributed by atoms with Gasteiger partial charge in [-0.25, -0.2) is 4.98 Å². The van der Waals surface area contributed by atoms with Crippen molar-refractivity contribution in [2.24, 2.45) is 0 Å². The molecule has 0 amide bonds. The number of hydrogen-bond acceptors (Lipinski definition) is 4. The highest BCUT2D eigenvalue weighted by atomic mass is 35.5. The Kier molecular flexibility index (Phi) is 4.52. The Bertz CT molecular complexity index is 626. The van der Waals surface area contributed by atoms with Crippen molar-refractivity contribution in [3.8, 4) is 0 Å². The van der Waals surface area contributed by atoms with Crippen LogP contribution in [-0.4, -0.2) is 9.91 Å². The number of allylic oxidation sites excluding steroid dienone is 1. The molecular formula is C12H8Cl2N2O2S. The zero-order chi connectivity index (χ0) is 13.8. The molecule has 1 aromatic carbocycles. The fourth-order valence-corrected chi connectivity index (χ4v) is 2.83. The van der Waals surface area contributed by atoms with Crippen molar-refractivity contribution in [2.45, 2.75) is 6.42 Å². The molecule has 19 heavy (non-hydrogen) atoms. The SMILES string of the molecule is O=[N+]([O-])C(=Cc1sc(Cl)nc1Cl)Cc1ccccc1. The molecule has 0 N–H and O–H groups in total. The molecule has 7 heteroatoms. The lowest BCUT2D eigenvalue weighted by atomic mass is 10.1. The molecule has 0 bridgehead atoms. The van der Waals surface area contributed by atoms with Crippen molar-refractivity contribution in [3.63, 3.8) is 0 Å². The maximum Gasteiger partial charge on any atom is 0.252 e. The maximum absolute atomic E-state index is 11.1. The van der Waals surface area contributed by atoms with Gasteiger partial charge in [0.15, 0.2) is 4.47 Å². The van der Waals surface area contributed by atoms with E-state index in [0.717, 1.165) is 16.9 Å². The molecule has 1 heterocycles. The summed E-state index contributed by atoms with van der Waals surface area (Å²) in [5.74, 6) is 0. The molecule has 0 saturated carbocycles. The molecule has 0 radical (unpaired) electrons. The Morgan fingerprint density at radius 1 is 1.37 bits per heavy atom. The van der Waals surface area contributed by atoms with E-state index in [0.29, 0.717) is 4.88 Å². The third-order valence-electron chi connectivity index (χ3n) is 2.34. The highest BCUT2D eigenvalue weighted by Gasteiger charge is 2.15. The smallest absolute Gasteiger partial charge is 0.252 e. The second-order valence-corrected chi connectivity index (χ2v) is 5.65. The first-order valence-corrected chi connectivity index (χ1v) is 6.84. The third kappa shape index (κ3) is 3.76. The van der Waals surface area contributed by atoms with Crippen LogP contribution >= 0.6 is 34.5 Å². The average molecular weight is 315 g/mol. The van der Waals surface area contributed by atoms with Gasteiger partial charge in [-0.3, -0.25) is 10.1 Å². The highest BCUT2D eigenvalue weighted by molar-refractivity contribution is 7.17. The van der Waals surface area contributed by atoms with Gasteiger partial charge in [-0.05, 0) is 5.56 Å². The Morgan fingerprint density at radius 3 is 2.58 bits per heavy atom. The molecule has 4 nitrogen and oxygen atoms in total. The summed E-state index contributed by atoms with van der Waals surface area (Å²) in [5, 5.41) is 11.3. The van der Waals surface area contributed by atoms with E-state index in [1.807, 2.05) is 30.3 Å². The molecule has 0 aliphatic carbocycles. The number of nitro groups is 1. The normalized spacial score (nSPS) is 11.6. The van der Waals surface area contributed by atoms with E-state index >= 15 is 0 Å². The number of benzene rings is 1. The van der Waals surface area contributed by atoms with Gasteiger partial charge in [0.2, 0.25) is 0 Å². The molecule has 2 aromatic rings. The van der Waals surface area contributed by atoms with Crippen LogP contribution in [0, 0.1) is 10.1 Å². The first-order chi connectivity index (χ1) is 9.06. The molecule has 0 atom stereocenters. The molecule has 2 rings (SSSR count). The minimum Gasteiger partial charge on any atom is -0.259 e. The molecule has 0 aliphatic heterocycles. The zero-order valence-corrected chi connectivity index (χ0v) is 11.9. The first-order valence-electron chi connectivity index (χ1n) is 5.27. The minimum absolute atomic E-state index is 0.0495. The minimum atomic E-state index is -0.420. The van der Waals surface area contributed by atoms with Gasteiger partial charge in [0.1, 0.15) is 5.15 Å². The molecule has 0 unspecified atom stereocenters. The van der Waals surface area contributed by atoms with Crippen LogP contribution in [0.5, 0.6) is 0 Å². The van der Waals surface area contributed by atoms with Crippen molar-refractivity contribution < 1.29 is 4.92 Å². The van der Waals surface area contributed by atoms with E-state index in [1.54, 1.807) is 0 Å². The van der Waals surface area contributed by atoms with Gasteiger partial charge in [0, 0.05) is 6.08 Å². The molecule has 1 aromatic heterocycles. The molecule has 0 saturated heterocycles. The van der Waals surface area contributed by atoms with Gasteiger partial charge in [0.05, 0.1) is 16.2 Å². The molecule has 0 aliphatic rings. The van der Waals surface area contributed by atoms with Crippen molar-refractivity contribution >= 4 is 40.6 Å². The van der Waals surface area contributed by atoms with Crippen molar-refractivity contribution in [1.29, 1.82) is 0 Å². The van der Waals surface area contributed by atoms with E-state index in [-0.39, 0.29) is 21.7 Å². The summed E-state index contributed by atoms with van der Waals surface area (Å²) >= 11 is 12.7. The van der Waals surface area contributed by atoms with E-state index < -0.39 is 4.92 Å². The van der Waals surface area contributed by atoms with Crippen LogP contribution in [0.1, 0.15) is 10.4 Å². The van der Waals surface area contributed by atoms with Gasteiger partial charge in [0.25, 0.3) is 5.70 Å². The van der Waals surface area contributed by atoms with Crippen LogP contribution in [0.2, 0.25) is 9.62 Å². The van der Waals surface area contributed by atoms with Gasteiger partial charge in [-0.1, -0.05) is 53.5 Å². The largest absolute Gasteiger partial charge is 0.259 e. The predicted molar refractivity (Wildman–Crippen MR) is 77.3 cm³/mol.